The summed E-state index contributed by atoms with van der Waals surface area (Å²) >= 11 is 1.41. The molecule has 1 atom stereocenters. The molecule has 0 radical (unpaired) electrons. The maximum atomic E-state index is 13.8. The van der Waals surface area contributed by atoms with Crippen molar-refractivity contribution in [2.75, 3.05) is 6.54 Å². The van der Waals surface area contributed by atoms with Crippen LogP contribution in [-0.2, 0) is 0 Å². The standard InChI is InChI=1S/C13H14F2N2S/c1-2-6-16-13(11-7-18-8-17-11)12-9(14)4-3-5-10(12)15/h3-5,7-8,13,16H,2,6H2,1H3. The highest BCUT2D eigenvalue weighted by atomic mass is 32.1. The van der Waals surface area contributed by atoms with Crippen molar-refractivity contribution in [2.45, 2.75) is 19.4 Å². The number of nitrogens with one attached hydrogen (secondary N) is 1. The fraction of sp³-hybridized carbons (Fsp3) is 0.308. The third kappa shape index (κ3) is 2.73. The third-order valence-electron chi connectivity index (χ3n) is 2.63. The number of halogens is 2. The smallest absolute Gasteiger partial charge is 0.131 e. The third-order valence-corrected chi connectivity index (χ3v) is 3.24. The molecule has 0 bridgehead atoms. The minimum atomic E-state index is -0.545. The van der Waals surface area contributed by atoms with E-state index in [1.165, 1.54) is 29.5 Å². The Hall–Kier alpha value is -1.33. The van der Waals surface area contributed by atoms with Crippen LogP contribution in [0.5, 0.6) is 0 Å². The first-order chi connectivity index (χ1) is 8.74. The Balaban J connectivity index is 2.40. The molecular weight excluding hydrogens is 254 g/mol. The van der Waals surface area contributed by atoms with Crippen molar-refractivity contribution in [2.24, 2.45) is 0 Å². The molecule has 1 unspecified atom stereocenters. The number of rotatable bonds is 5. The lowest BCUT2D eigenvalue weighted by Crippen LogP contribution is -2.25. The van der Waals surface area contributed by atoms with Crippen molar-refractivity contribution < 1.29 is 8.78 Å². The predicted molar refractivity (Wildman–Crippen MR) is 68.6 cm³/mol. The van der Waals surface area contributed by atoms with E-state index in [1.54, 1.807) is 10.9 Å². The van der Waals surface area contributed by atoms with Gasteiger partial charge in [0.05, 0.1) is 17.2 Å². The minimum Gasteiger partial charge on any atom is -0.305 e. The highest BCUT2D eigenvalue weighted by Crippen LogP contribution is 2.26. The van der Waals surface area contributed by atoms with Crippen molar-refractivity contribution in [1.82, 2.24) is 10.3 Å². The van der Waals surface area contributed by atoms with Gasteiger partial charge < -0.3 is 5.32 Å². The molecule has 2 aromatic rings. The molecule has 0 saturated heterocycles. The molecule has 0 aliphatic carbocycles. The average molecular weight is 268 g/mol. The monoisotopic (exact) mass is 268 g/mol. The first-order valence-electron chi connectivity index (χ1n) is 5.79. The summed E-state index contributed by atoms with van der Waals surface area (Å²) < 4.78 is 27.6. The summed E-state index contributed by atoms with van der Waals surface area (Å²) in [6.45, 7) is 2.68. The van der Waals surface area contributed by atoms with E-state index in [0.717, 1.165) is 6.42 Å². The molecule has 1 aromatic heterocycles. The van der Waals surface area contributed by atoms with E-state index >= 15 is 0 Å². The van der Waals surface area contributed by atoms with E-state index in [4.69, 9.17) is 0 Å². The van der Waals surface area contributed by atoms with Crippen LogP contribution in [0.2, 0.25) is 0 Å². The van der Waals surface area contributed by atoms with Crippen LogP contribution in [0.15, 0.2) is 29.1 Å². The fourth-order valence-electron chi connectivity index (χ4n) is 1.79. The molecule has 0 amide bonds. The summed E-state index contributed by atoms with van der Waals surface area (Å²) in [4.78, 5) is 4.15. The SMILES string of the molecule is CCCNC(c1cscn1)c1c(F)cccc1F. The Morgan fingerprint density at radius 3 is 2.61 bits per heavy atom. The second-order valence-electron chi connectivity index (χ2n) is 3.94. The predicted octanol–water partition coefficient (Wildman–Crippen LogP) is 3.51. The molecule has 0 saturated carbocycles. The Bertz CT molecular complexity index is 479. The van der Waals surface area contributed by atoms with Gasteiger partial charge >= 0.3 is 0 Å². The topological polar surface area (TPSA) is 24.9 Å². The van der Waals surface area contributed by atoms with Gasteiger partial charge in [0.1, 0.15) is 11.6 Å². The molecular formula is C13H14F2N2S. The van der Waals surface area contributed by atoms with Gasteiger partial charge in [0.2, 0.25) is 0 Å². The van der Waals surface area contributed by atoms with E-state index in [-0.39, 0.29) is 5.56 Å². The largest absolute Gasteiger partial charge is 0.305 e. The number of thiazole rings is 1. The molecule has 2 nitrogen and oxygen atoms in total. The summed E-state index contributed by atoms with van der Waals surface area (Å²) in [6.07, 6.45) is 0.886. The lowest BCUT2D eigenvalue weighted by Gasteiger charge is -2.18. The summed E-state index contributed by atoms with van der Waals surface area (Å²) in [5.74, 6) is -1.09. The highest BCUT2D eigenvalue weighted by Gasteiger charge is 2.22. The van der Waals surface area contributed by atoms with Crippen molar-refractivity contribution in [3.8, 4) is 0 Å². The molecule has 96 valence electrons. The van der Waals surface area contributed by atoms with Crippen molar-refractivity contribution in [1.29, 1.82) is 0 Å². The lowest BCUT2D eigenvalue weighted by molar-refractivity contribution is 0.498. The maximum Gasteiger partial charge on any atom is 0.131 e. The molecule has 1 aromatic carbocycles. The van der Waals surface area contributed by atoms with E-state index in [0.29, 0.717) is 12.2 Å². The second-order valence-corrected chi connectivity index (χ2v) is 4.65. The first kappa shape index (κ1) is 13.1. The zero-order valence-electron chi connectivity index (χ0n) is 9.99. The Labute approximate surface area is 109 Å². The number of benzene rings is 1. The normalized spacial score (nSPS) is 12.6. The summed E-state index contributed by atoms with van der Waals surface area (Å²) in [5, 5.41) is 4.94. The first-order valence-corrected chi connectivity index (χ1v) is 6.73. The number of nitrogens with zero attached hydrogens (tertiary/aromatic N) is 1. The summed E-state index contributed by atoms with van der Waals surface area (Å²) in [5.41, 5.74) is 2.35. The zero-order chi connectivity index (χ0) is 13.0. The van der Waals surface area contributed by atoms with Crippen LogP contribution in [0.3, 0.4) is 0 Å². The highest BCUT2D eigenvalue weighted by molar-refractivity contribution is 7.07. The van der Waals surface area contributed by atoms with Crippen LogP contribution in [0.4, 0.5) is 8.78 Å². The van der Waals surface area contributed by atoms with Gasteiger partial charge in [0, 0.05) is 10.9 Å². The second kappa shape index (κ2) is 6.02. The molecule has 0 aliphatic heterocycles. The Kier molecular flexibility index (Phi) is 4.38. The van der Waals surface area contributed by atoms with Gasteiger partial charge in [0.25, 0.3) is 0 Å². The quantitative estimate of drug-likeness (QED) is 0.897. The molecule has 0 spiro atoms. The van der Waals surface area contributed by atoms with Gasteiger partial charge in [-0.15, -0.1) is 11.3 Å². The van der Waals surface area contributed by atoms with Gasteiger partial charge in [-0.2, -0.15) is 0 Å². The number of hydrogen-bond acceptors (Lipinski definition) is 3. The van der Waals surface area contributed by atoms with Crippen LogP contribution in [0, 0.1) is 11.6 Å². The van der Waals surface area contributed by atoms with Gasteiger partial charge in [0.15, 0.2) is 0 Å². The van der Waals surface area contributed by atoms with Gasteiger partial charge in [-0.05, 0) is 25.1 Å². The summed E-state index contributed by atoms with van der Waals surface area (Å²) in [7, 11) is 0. The van der Waals surface area contributed by atoms with Crippen LogP contribution in [-0.4, -0.2) is 11.5 Å². The Morgan fingerprint density at radius 2 is 2.06 bits per heavy atom. The van der Waals surface area contributed by atoms with Crippen LogP contribution in [0.1, 0.15) is 30.6 Å². The lowest BCUT2D eigenvalue weighted by atomic mass is 10.0. The van der Waals surface area contributed by atoms with Gasteiger partial charge in [-0.3, -0.25) is 0 Å². The molecule has 0 aliphatic rings. The molecule has 1 heterocycles. The van der Waals surface area contributed by atoms with Crippen LogP contribution in [0.25, 0.3) is 0 Å². The average Bonchev–Trinajstić information content (AvgIpc) is 2.86. The molecule has 0 fully saturated rings. The van der Waals surface area contributed by atoms with Crippen LogP contribution >= 0.6 is 11.3 Å². The van der Waals surface area contributed by atoms with Crippen LogP contribution < -0.4 is 5.32 Å². The fourth-order valence-corrected chi connectivity index (χ4v) is 2.37. The maximum absolute atomic E-state index is 13.8. The molecule has 1 N–H and O–H groups in total. The van der Waals surface area contributed by atoms with Gasteiger partial charge in [-0.25, -0.2) is 13.8 Å². The van der Waals surface area contributed by atoms with E-state index in [2.05, 4.69) is 10.3 Å². The Morgan fingerprint density at radius 1 is 1.33 bits per heavy atom. The minimum absolute atomic E-state index is 0.0388. The number of aromatic nitrogens is 1. The van der Waals surface area contributed by atoms with Crippen molar-refractivity contribution in [3.63, 3.8) is 0 Å². The number of hydrogen-bond donors (Lipinski definition) is 1. The molecule has 18 heavy (non-hydrogen) atoms. The molecule has 2 rings (SSSR count). The summed E-state index contributed by atoms with van der Waals surface area (Å²) in [6, 6.07) is 3.38. The van der Waals surface area contributed by atoms with E-state index in [9.17, 15) is 8.78 Å². The van der Waals surface area contributed by atoms with Crippen molar-refractivity contribution in [3.05, 3.63) is 52.0 Å². The van der Waals surface area contributed by atoms with E-state index in [1.807, 2.05) is 6.92 Å². The van der Waals surface area contributed by atoms with Gasteiger partial charge in [-0.1, -0.05) is 13.0 Å². The zero-order valence-corrected chi connectivity index (χ0v) is 10.8. The van der Waals surface area contributed by atoms with E-state index < -0.39 is 17.7 Å². The molecule has 5 heteroatoms. The van der Waals surface area contributed by atoms with Crippen molar-refractivity contribution >= 4 is 11.3 Å².